The number of carbonyl (C=O) groups is 1. The first kappa shape index (κ1) is 9.45. The molecule has 0 radical (unpaired) electrons. The van der Waals surface area contributed by atoms with Gasteiger partial charge in [-0.15, -0.1) is 0 Å². The third-order valence-electron chi connectivity index (χ3n) is 1.64. The summed E-state index contributed by atoms with van der Waals surface area (Å²) in [5, 5.41) is 0. The number of hydrogen-bond donors (Lipinski definition) is 1. The lowest BCUT2D eigenvalue weighted by Crippen LogP contribution is -2.10. The van der Waals surface area contributed by atoms with E-state index in [1.165, 1.54) is 6.07 Å². The molecule has 0 saturated heterocycles. The normalized spacial score (nSPS) is 9.62. The largest absolute Gasteiger partial charge is 0.369 e. The van der Waals surface area contributed by atoms with E-state index in [0.29, 0.717) is 11.1 Å². The van der Waals surface area contributed by atoms with Gasteiger partial charge < -0.3 is 5.73 Å². The second kappa shape index (κ2) is 3.85. The summed E-state index contributed by atoms with van der Waals surface area (Å²) in [7, 11) is 0. The van der Waals surface area contributed by atoms with Gasteiger partial charge in [0.05, 0.1) is 6.42 Å². The van der Waals surface area contributed by atoms with Crippen molar-refractivity contribution in [2.75, 3.05) is 0 Å². The Bertz CT molecular complexity index is 347. The molecule has 0 spiro atoms. The van der Waals surface area contributed by atoms with Gasteiger partial charge in [-0.2, -0.15) is 0 Å². The van der Waals surface area contributed by atoms with Crippen LogP contribution in [0.1, 0.15) is 12.0 Å². The van der Waals surface area contributed by atoms with E-state index in [0.717, 1.165) is 0 Å². The molecule has 1 aromatic rings. The van der Waals surface area contributed by atoms with Crippen molar-refractivity contribution in [2.45, 2.75) is 6.42 Å². The fraction of sp³-hybridized carbons (Fsp3) is 0.100. The van der Waals surface area contributed by atoms with Crippen molar-refractivity contribution in [1.82, 2.24) is 0 Å². The third kappa shape index (κ3) is 2.40. The van der Waals surface area contributed by atoms with E-state index >= 15 is 0 Å². The summed E-state index contributed by atoms with van der Waals surface area (Å²) in [5.74, 6) is -0.887. The number of rotatable bonds is 3. The molecule has 0 unspecified atom stereocenters. The molecule has 2 N–H and O–H groups in total. The van der Waals surface area contributed by atoms with Gasteiger partial charge in [0.2, 0.25) is 5.91 Å². The minimum atomic E-state index is -0.506. The SMILES string of the molecule is C=C(CC(N)=O)c1ccccc1F. The van der Waals surface area contributed by atoms with E-state index < -0.39 is 5.91 Å². The molecule has 1 aromatic carbocycles. The van der Waals surface area contributed by atoms with Crippen molar-refractivity contribution >= 4 is 11.5 Å². The smallest absolute Gasteiger partial charge is 0.221 e. The van der Waals surface area contributed by atoms with E-state index in [9.17, 15) is 9.18 Å². The molecule has 0 heterocycles. The average molecular weight is 179 g/mol. The van der Waals surface area contributed by atoms with Crippen LogP contribution >= 0.6 is 0 Å². The number of hydrogen-bond acceptors (Lipinski definition) is 1. The maximum atomic E-state index is 13.1. The number of nitrogens with two attached hydrogens (primary N) is 1. The van der Waals surface area contributed by atoms with Crippen LogP contribution in [0.5, 0.6) is 0 Å². The number of primary amides is 1. The van der Waals surface area contributed by atoms with Gasteiger partial charge >= 0.3 is 0 Å². The molecule has 68 valence electrons. The van der Waals surface area contributed by atoms with Crippen molar-refractivity contribution < 1.29 is 9.18 Å². The van der Waals surface area contributed by atoms with E-state index in [2.05, 4.69) is 6.58 Å². The summed E-state index contributed by atoms with van der Waals surface area (Å²) < 4.78 is 13.1. The third-order valence-corrected chi connectivity index (χ3v) is 1.64. The lowest BCUT2D eigenvalue weighted by Gasteiger charge is -2.03. The number of halogens is 1. The minimum absolute atomic E-state index is 0.0130. The minimum Gasteiger partial charge on any atom is -0.369 e. The van der Waals surface area contributed by atoms with Crippen molar-refractivity contribution in [3.8, 4) is 0 Å². The van der Waals surface area contributed by atoms with Crippen molar-refractivity contribution in [3.05, 3.63) is 42.2 Å². The van der Waals surface area contributed by atoms with Gasteiger partial charge in [-0.25, -0.2) is 4.39 Å². The van der Waals surface area contributed by atoms with Crippen LogP contribution in [0.3, 0.4) is 0 Å². The molecule has 1 amide bonds. The Morgan fingerprint density at radius 1 is 1.46 bits per heavy atom. The van der Waals surface area contributed by atoms with Crippen LogP contribution < -0.4 is 5.73 Å². The summed E-state index contributed by atoms with van der Waals surface area (Å²) in [6.07, 6.45) is -0.0130. The Balaban J connectivity index is 2.89. The van der Waals surface area contributed by atoms with Gasteiger partial charge in [0.1, 0.15) is 5.82 Å². The van der Waals surface area contributed by atoms with Crippen molar-refractivity contribution in [1.29, 1.82) is 0 Å². The molecule has 0 atom stereocenters. The van der Waals surface area contributed by atoms with Crippen LogP contribution in [0.25, 0.3) is 5.57 Å². The second-order valence-corrected chi connectivity index (χ2v) is 2.73. The number of benzene rings is 1. The highest BCUT2D eigenvalue weighted by molar-refractivity contribution is 5.86. The molecule has 1 rings (SSSR count). The van der Waals surface area contributed by atoms with E-state index in [1.807, 2.05) is 0 Å². The molecule has 0 aliphatic heterocycles. The molecule has 0 aromatic heterocycles. The van der Waals surface area contributed by atoms with Crippen LogP contribution in [0.2, 0.25) is 0 Å². The van der Waals surface area contributed by atoms with Gasteiger partial charge in [-0.05, 0) is 11.6 Å². The zero-order valence-corrected chi connectivity index (χ0v) is 7.09. The maximum Gasteiger partial charge on any atom is 0.221 e. The van der Waals surface area contributed by atoms with Gasteiger partial charge in [0.25, 0.3) is 0 Å². The summed E-state index contributed by atoms with van der Waals surface area (Å²) in [5.41, 5.74) is 5.71. The fourth-order valence-corrected chi connectivity index (χ4v) is 1.05. The fourth-order valence-electron chi connectivity index (χ4n) is 1.05. The summed E-state index contributed by atoms with van der Waals surface area (Å²) in [4.78, 5) is 10.5. The second-order valence-electron chi connectivity index (χ2n) is 2.73. The van der Waals surface area contributed by atoms with Crippen LogP contribution in [0, 0.1) is 5.82 Å². The van der Waals surface area contributed by atoms with E-state index in [1.54, 1.807) is 18.2 Å². The number of amides is 1. The molecule has 0 fully saturated rings. The predicted molar refractivity (Wildman–Crippen MR) is 49.2 cm³/mol. The van der Waals surface area contributed by atoms with Crippen LogP contribution in [-0.2, 0) is 4.79 Å². The Labute approximate surface area is 75.9 Å². The van der Waals surface area contributed by atoms with E-state index in [-0.39, 0.29) is 12.2 Å². The highest BCUT2D eigenvalue weighted by Gasteiger charge is 2.06. The van der Waals surface area contributed by atoms with Crippen molar-refractivity contribution in [2.24, 2.45) is 5.73 Å². The standard InChI is InChI=1S/C10H10FNO/c1-7(6-10(12)13)8-4-2-3-5-9(8)11/h2-5H,1,6H2,(H2,12,13). The highest BCUT2D eigenvalue weighted by Crippen LogP contribution is 2.18. The lowest BCUT2D eigenvalue weighted by molar-refractivity contribution is -0.117. The molecule has 0 aliphatic rings. The summed E-state index contributed by atoms with van der Waals surface area (Å²) in [6.45, 7) is 3.59. The highest BCUT2D eigenvalue weighted by atomic mass is 19.1. The van der Waals surface area contributed by atoms with E-state index in [4.69, 9.17) is 5.73 Å². The van der Waals surface area contributed by atoms with Gasteiger partial charge in [-0.1, -0.05) is 24.8 Å². The average Bonchev–Trinajstić information content (AvgIpc) is 2.03. The Hall–Kier alpha value is -1.64. The van der Waals surface area contributed by atoms with Crippen LogP contribution in [-0.4, -0.2) is 5.91 Å². The first-order valence-electron chi connectivity index (χ1n) is 3.82. The topological polar surface area (TPSA) is 43.1 Å². The molecule has 0 aliphatic carbocycles. The van der Waals surface area contributed by atoms with Crippen LogP contribution in [0.15, 0.2) is 30.8 Å². The molecular weight excluding hydrogens is 169 g/mol. The first-order chi connectivity index (χ1) is 6.11. The molecule has 13 heavy (non-hydrogen) atoms. The molecule has 2 nitrogen and oxygen atoms in total. The Kier molecular flexibility index (Phi) is 2.80. The molecular formula is C10H10FNO. The zero-order chi connectivity index (χ0) is 9.84. The summed E-state index contributed by atoms with van der Waals surface area (Å²) in [6, 6.07) is 6.16. The van der Waals surface area contributed by atoms with Gasteiger partial charge in [0, 0.05) is 5.56 Å². The quantitative estimate of drug-likeness (QED) is 0.754. The first-order valence-corrected chi connectivity index (χ1v) is 3.82. The molecule has 3 heteroatoms. The van der Waals surface area contributed by atoms with Gasteiger partial charge in [0.15, 0.2) is 0 Å². The lowest BCUT2D eigenvalue weighted by atomic mass is 10.0. The molecule has 0 bridgehead atoms. The van der Waals surface area contributed by atoms with Crippen molar-refractivity contribution in [3.63, 3.8) is 0 Å². The maximum absolute atomic E-state index is 13.1. The zero-order valence-electron chi connectivity index (χ0n) is 7.09. The molecule has 0 saturated carbocycles. The Morgan fingerprint density at radius 3 is 2.62 bits per heavy atom. The summed E-state index contributed by atoms with van der Waals surface area (Å²) >= 11 is 0. The van der Waals surface area contributed by atoms with Crippen LogP contribution in [0.4, 0.5) is 4.39 Å². The predicted octanol–water partition coefficient (Wildman–Crippen LogP) is 1.71. The Morgan fingerprint density at radius 2 is 2.08 bits per heavy atom. The van der Waals surface area contributed by atoms with Gasteiger partial charge in [-0.3, -0.25) is 4.79 Å². The number of carbonyl (C=O) groups excluding carboxylic acids is 1. The monoisotopic (exact) mass is 179 g/mol.